The molecule has 0 aromatic heterocycles. The van der Waals surface area contributed by atoms with Crippen molar-refractivity contribution in [2.24, 2.45) is 0 Å². The fourth-order valence-electron chi connectivity index (χ4n) is 0.0891. The van der Waals surface area contributed by atoms with Gasteiger partial charge in [-0.1, -0.05) is 0 Å². The van der Waals surface area contributed by atoms with Gasteiger partial charge in [0.1, 0.15) is 13.2 Å². The van der Waals surface area contributed by atoms with Crippen molar-refractivity contribution in [3.8, 4) is 0 Å². The van der Waals surface area contributed by atoms with Crippen LogP contribution in [-0.2, 0) is 18.2 Å². The molecule has 6 nitrogen and oxygen atoms in total. The number of aliphatic carboxylic acids is 2. The molecule has 72 valence electrons. The Labute approximate surface area is 114 Å². The number of hydrogen-bond acceptors (Lipinski definition) is 6. The molecule has 0 aromatic carbocycles. The van der Waals surface area contributed by atoms with E-state index in [0.717, 1.165) is 0 Å². The van der Waals surface area contributed by atoms with E-state index in [-0.39, 0.29) is 37.7 Å². The molecular formula is C4H4CaCl2O6. The minimum absolute atomic E-state index is 0. The van der Waals surface area contributed by atoms with Crippen LogP contribution in [0.4, 0.5) is 0 Å². The molecule has 0 atom stereocenters. The third kappa shape index (κ3) is 32.4. The van der Waals surface area contributed by atoms with Crippen molar-refractivity contribution in [1.29, 1.82) is 0 Å². The normalized spacial score (nSPS) is 7.54. The quantitative estimate of drug-likeness (QED) is 0.515. The van der Waals surface area contributed by atoms with E-state index in [9.17, 15) is 19.8 Å². The third-order valence-corrected chi connectivity index (χ3v) is 0.563. The number of carbonyl (C=O) groups is 2. The molecule has 0 rings (SSSR count). The van der Waals surface area contributed by atoms with Gasteiger partial charge < -0.3 is 19.8 Å². The molecule has 0 fully saturated rings. The molecule has 0 amide bonds. The predicted molar refractivity (Wildman–Crippen MR) is 39.4 cm³/mol. The number of carboxylic acids is 2. The number of hydrogen-bond donors (Lipinski definition) is 0. The molecule has 13 heavy (non-hydrogen) atoms. The Morgan fingerprint density at radius 1 is 1.00 bits per heavy atom. The van der Waals surface area contributed by atoms with E-state index in [0.29, 0.717) is 0 Å². The molecular weight excluding hydrogens is 255 g/mol. The number of carbonyl (C=O) groups excluding carboxylic acids is 2. The van der Waals surface area contributed by atoms with Gasteiger partial charge in [-0.2, -0.15) is 0 Å². The summed E-state index contributed by atoms with van der Waals surface area (Å²) < 4.78 is 7.23. The van der Waals surface area contributed by atoms with Crippen LogP contribution in [0.1, 0.15) is 0 Å². The van der Waals surface area contributed by atoms with Gasteiger partial charge in [-0.05, 0) is 0 Å². The van der Waals surface area contributed by atoms with E-state index in [2.05, 4.69) is 32.3 Å². The molecule has 0 heterocycles. The average molecular weight is 259 g/mol. The molecule has 0 spiro atoms. The summed E-state index contributed by atoms with van der Waals surface area (Å²) in [6.07, 6.45) is 0. The maximum Gasteiger partial charge on any atom is 2.00 e. The summed E-state index contributed by atoms with van der Waals surface area (Å²) in [5.74, 6) is -2.63. The van der Waals surface area contributed by atoms with Crippen LogP contribution in [-0.4, -0.2) is 62.9 Å². The van der Waals surface area contributed by atoms with Gasteiger partial charge in [-0.25, -0.2) is 0 Å². The zero-order chi connectivity index (χ0) is 9.98. The van der Waals surface area contributed by atoms with Crippen LogP contribution in [0.25, 0.3) is 0 Å². The monoisotopic (exact) mass is 258 g/mol. The molecule has 0 saturated carbocycles. The van der Waals surface area contributed by atoms with Gasteiger partial charge in [0.2, 0.25) is 0 Å². The molecule has 0 saturated heterocycles. The largest absolute Gasteiger partial charge is 2.00 e. The predicted octanol–water partition coefficient (Wildman–Crippen LogP) is -2.57. The standard InChI is InChI=1S/2C2H3ClO3.Ca/c2*3-6-1-2(4)5;/h2*1H2,(H,4,5);/q;;+2/p-2. The van der Waals surface area contributed by atoms with Gasteiger partial charge in [0.25, 0.3) is 0 Å². The van der Waals surface area contributed by atoms with Gasteiger partial charge in [0.15, 0.2) is 0 Å². The first-order valence-corrected chi connectivity index (χ1v) is 3.03. The van der Waals surface area contributed by atoms with Crippen molar-refractivity contribution < 1.29 is 28.4 Å². The number of halogens is 2. The first kappa shape index (κ1) is 19.3. The van der Waals surface area contributed by atoms with Crippen molar-refractivity contribution in [3.63, 3.8) is 0 Å². The van der Waals surface area contributed by atoms with Crippen molar-refractivity contribution in [3.05, 3.63) is 0 Å². The van der Waals surface area contributed by atoms with E-state index in [1.165, 1.54) is 0 Å². The number of rotatable bonds is 4. The van der Waals surface area contributed by atoms with Crippen LogP contribution < -0.4 is 10.2 Å². The summed E-state index contributed by atoms with van der Waals surface area (Å²) in [5, 5.41) is 18.6. The van der Waals surface area contributed by atoms with Crippen molar-refractivity contribution >= 4 is 73.4 Å². The second-order valence-corrected chi connectivity index (χ2v) is 1.69. The Balaban J connectivity index is -0.000000143. The van der Waals surface area contributed by atoms with Crippen molar-refractivity contribution in [2.45, 2.75) is 0 Å². The summed E-state index contributed by atoms with van der Waals surface area (Å²) in [5.41, 5.74) is 0. The van der Waals surface area contributed by atoms with Gasteiger partial charge in [-0.3, -0.25) is 8.58 Å². The fraction of sp³-hybridized carbons (Fsp3) is 0.500. The smallest absolute Gasteiger partial charge is 0.548 e. The second-order valence-electron chi connectivity index (χ2n) is 1.25. The third-order valence-electron chi connectivity index (χ3n) is 0.345. The zero-order valence-electron chi connectivity index (χ0n) is 6.33. The first-order chi connectivity index (χ1) is 5.54. The summed E-state index contributed by atoms with van der Waals surface area (Å²) in [7, 11) is 0. The summed E-state index contributed by atoms with van der Waals surface area (Å²) >= 11 is 8.95. The molecule has 0 bridgehead atoms. The Morgan fingerprint density at radius 3 is 1.23 bits per heavy atom. The van der Waals surface area contributed by atoms with Crippen LogP contribution in [0.15, 0.2) is 0 Å². The Morgan fingerprint density at radius 2 is 1.23 bits per heavy atom. The van der Waals surface area contributed by atoms with Crippen LogP contribution in [0, 0.1) is 0 Å². The second kappa shape index (κ2) is 15.2. The van der Waals surface area contributed by atoms with Crippen LogP contribution in [0.2, 0.25) is 0 Å². The van der Waals surface area contributed by atoms with E-state index in [1.807, 2.05) is 0 Å². The fourth-order valence-corrected chi connectivity index (χ4v) is 0.267. The van der Waals surface area contributed by atoms with Gasteiger partial charge >= 0.3 is 37.7 Å². The van der Waals surface area contributed by atoms with Crippen molar-refractivity contribution in [2.75, 3.05) is 13.2 Å². The molecule has 0 aliphatic rings. The molecule has 0 unspecified atom stereocenters. The van der Waals surface area contributed by atoms with Crippen LogP contribution in [0.3, 0.4) is 0 Å². The van der Waals surface area contributed by atoms with Crippen LogP contribution in [0.5, 0.6) is 0 Å². The van der Waals surface area contributed by atoms with E-state index in [4.69, 9.17) is 0 Å². The molecule has 0 aliphatic heterocycles. The van der Waals surface area contributed by atoms with E-state index >= 15 is 0 Å². The molecule has 0 N–H and O–H groups in total. The number of carboxylic acid groups (broad SMARTS) is 2. The summed E-state index contributed by atoms with van der Waals surface area (Å²) in [6, 6.07) is 0. The minimum atomic E-state index is -1.31. The Kier molecular flexibility index (Phi) is 22.5. The molecule has 0 aliphatic carbocycles. The SMILES string of the molecule is O=C([O-])COCl.O=C([O-])COCl.[Ca+2]. The van der Waals surface area contributed by atoms with E-state index in [1.54, 1.807) is 0 Å². The maximum absolute atomic E-state index is 9.28. The van der Waals surface area contributed by atoms with Crippen LogP contribution >= 0.6 is 23.7 Å². The zero-order valence-corrected chi connectivity index (χ0v) is 10.0. The Bertz CT molecular complexity index is 127. The molecule has 0 aromatic rings. The van der Waals surface area contributed by atoms with Gasteiger partial charge in [-0.15, -0.1) is 0 Å². The average Bonchev–Trinajstić information content (AvgIpc) is 1.87. The Hall–Kier alpha value is 0.700. The topological polar surface area (TPSA) is 98.7 Å². The minimum Gasteiger partial charge on any atom is -0.548 e. The van der Waals surface area contributed by atoms with Gasteiger partial charge in [0.05, 0.1) is 35.7 Å². The summed E-state index contributed by atoms with van der Waals surface area (Å²) in [4.78, 5) is 18.6. The van der Waals surface area contributed by atoms with Gasteiger partial charge in [0, 0.05) is 0 Å². The molecule has 9 heteroatoms. The maximum atomic E-state index is 9.28. The van der Waals surface area contributed by atoms with E-state index < -0.39 is 25.2 Å². The molecule has 0 radical (unpaired) electrons. The summed E-state index contributed by atoms with van der Waals surface area (Å²) in [6.45, 7) is -1.11. The first-order valence-electron chi connectivity index (χ1n) is 2.41. The van der Waals surface area contributed by atoms with Crippen molar-refractivity contribution in [1.82, 2.24) is 0 Å².